The van der Waals surface area contributed by atoms with Gasteiger partial charge in [0.2, 0.25) is 0 Å². The molecular weight excluding hydrogens is 443 g/mol. The van der Waals surface area contributed by atoms with Crippen molar-refractivity contribution in [3.05, 3.63) is 78.1 Å². The minimum atomic E-state index is -0.714. The first kappa shape index (κ1) is 21.7. The lowest BCUT2D eigenvalue weighted by Crippen LogP contribution is -2.48. The summed E-state index contributed by atoms with van der Waals surface area (Å²) in [6.07, 6.45) is 4.93. The second-order valence-corrected chi connectivity index (χ2v) is 10.2. The van der Waals surface area contributed by atoms with E-state index in [1.165, 1.54) is 18.0 Å². The Labute approximate surface area is 203 Å². The number of para-hydroxylation sites is 1. The fourth-order valence-corrected chi connectivity index (χ4v) is 5.43. The van der Waals surface area contributed by atoms with Crippen molar-refractivity contribution in [3.63, 3.8) is 0 Å². The van der Waals surface area contributed by atoms with E-state index in [9.17, 15) is 9.18 Å². The summed E-state index contributed by atoms with van der Waals surface area (Å²) in [4.78, 5) is 23.8. The largest absolute Gasteiger partial charge is 0.327 e. The number of aryl methyl sites for hydroxylation is 1. The van der Waals surface area contributed by atoms with E-state index in [1.807, 2.05) is 43.1 Å². The molecule has 8 heteroatoms. The predicted octanol–water partition coefficient (Wildman–Crippen LogP) is 4.62. The van der Waals surface area contributed by atoms with Crippen LogP contribution in [0.3, 0.4) is 0 Å². The topological polar surface area (TPSA) is 75.9 Å². The molecule has 1 spiro atoms. The Morgan fingerprint density at radius 1 is 1.06 bits per heavy atom. The summed E-state index contributed by atoms with van der Waals surface area (Å²) >= 11 is 0. The number of pyridine rings is 2. The summed E-state index contributed by atoms with van der Waals surface area (Å²) in [5.74, 6) is -0.394. The molecule has 0 bridgehead atoms. The first-order valence-corrected chi connectivity index (χ1v) is 12.0. The van der Waals surface area contributed by atoms with Crippen LogP contribution in [0.4, 0.5) is 9.18 Å². The third kappa shape index (κ3) is 3.73. The lowest BCUT2D eigenvalue weighted by Gasteiger charge is -2.30. The van der Waals surface area contributed by atoms with E-state index in [2.05, 4.69) is 38.2 Å². The lowest BCUT2D eigenvalue weighted by molar-refractivity contribution is 0.193. The molecule has 1 N–H and O–H groups in total. The van der Waals surface area contributed by atoms with E-state index in [1.54, 1.807) is 6.07 Å². The number of likely N-dealkylation sites (tertiary alicyclic amines) is 1. The number of amides is 2. The van der Waals surface area contributed by atoms with E-state index in [0.717, 1.165) is 41.5 Å². The monoisotopic (exact) mass is 470 g/mol. The number of nitrogens with one attached hydrogen (secondary N) is 1. The number of benzene rings is 1. The average Bonchev–Trinajstić information content (AvgIpc) is 3.56. The van der Waals surface area contributed by atoms with Crippen molar-refractivity contribution in [1.29, 1.82) is 0 Å². The van der Waals surface area contributed by atoms with Gasteiger partial charge < -0.3 is 10.2 Å². The number of aromatic nitrogens is 4. The quantitative estimate of drug-likeness (QED) is 0.474. The van der Waals surface area contributed by atoms with Gasteiger partial charge in [0.15, 0.2) is 0 Å². The van der Waals surface area contributed by atoms with Gasteiger partial charge in [-0.1, -0.05) is 18.2 Å². The van der Waals surface area contributed by atoms with Crippen LogP contribution in [-0.2, 0) is 17.5 Å². The van der Waals surface area contributed by atoms with Gasteiger partial charge in [0.05, 0.1) is 28.6 Å². The van der Waals surface area contributed by atoms with Crippen molar-refractivity contribution in [2.24, 2.45) is 0 Å². The lowest BCUT2D eigenvalue weighted by atomic mass is 9.82. The van der Waals surface area contributed by atoms with Gasteiger partial charge in [0.1, 0.15) is 5.82 Å². The number of urea groups is 1. The van der Waals surface area contributed by atoms with Gasteiger partial charge in [0.25, 0.3) is 0 Å². The van der Waals surface area contributed by atoms with Crippen LogP contribution >= 0.6 is 0 Å². The van der Waals surface area contributed by atoms with Crippen molar-refractivity contribution < 1.29 is 9.18 Å². The maximum Gasteiger partial charge on any atom is 0.318 e. The van der Waals surface area contributed by atoms with E-state index >= 15 is 0 Å². The first-order chi connectivity index (χ1) is 16.8. The Bertz CT molecular complexity index is 1430. The molecule has 1 unspecified atom stereocenters. The van der Waals surface area contributed by atoms with E-state index < -0.39 is 11.4 Å². The molecule has 3 aromatic heterocycles. The number of nitrogens with zero attached hydrogens (tertiary/aromatic N) is 5. The summed E-state index contributed by atoms with van der Waals surface area (Å²) in [6.45, 7) is 5.93. The highest BCUT2D eigenvalue weighted by molar-refractivity contribution is 5.83. The third-order valence-electron chi connectivity index (χ3n) is 7.44. The molecule has 1 fully saturated rings. The Kier molecular flexibility index (Phi) is 4.88. The Balaban J connectivity index is 1.21. The number of halogens is 1. The van der Waals surface area contributed by atoms with Crippen molar-refractivity contribution in [2.45, 2.75) is 44.2 Å². The van der Waals surface area contributed by atoms with Crippen LogP contribution in [0.15, 0.2) is 60.9 Å². The van der Waals surface area contributed by atoms with Crippen LogP contribution in [0.2, 0.25) is 0 Å². The molecule has 2 aliphatic rings. The van der Waals surface area contributed by atoms with Crippen LogP contribution in [-0.4, -0.2) is 43.8 Å². The van der Waals surface area contributed by atoms with Gasteiger partial charge in [-0.15, -0.1) is 0 Å². The molecule has 5 heterocycles. The summed E-state index contributed by atoms with van der Waals surface area (Å²) < 4.78 is 15.4. The number of carbonyl (C=O) groups is 1. The number of carbonyl (C=O) groups excluding carboxylic acids is 1. The molecule has 1 aromatic carbocycles. The van der Waals surface area contributed by atoms with Gasteiger partial charge in [-0.2, -0.15) is 5.10 Å². The van der Waals surface area contributed by atoms with Crippen LogP contribution in [0.5, 0.6) is 0 Å². The van der Waals surface area contributed by atoms with Crippen LogP contribution in [0.25, 0.3) is 22.2 Å². The van der Waals surface area contributed by atoms with Crippen molar-refractivity contribution in [3.8, 4) is 11.3 Å². The third-order valence-corrected chi connectivity index (χ3v) is 7.44. The van der Waals surface area contributed by atoms with E-state index in [0.29, 0.717) is 18.8 Å². The summed E-state index contributed by atoms with van der Waals surface area (Å²) in [5.41, 5.74) is 3.89. The van der Waals surface area contributed by atoms with Gasteiger partial charge in [0, 0.05) is 47.9 Å². The molecule has 178 valence electrons. The van der Waals surface area contributed by atoms with Crippen LogP contribution in [0.1, 0.15) is 38.1 Å². The maximum atomic E-state index is 13.3. The number of hydrogen-bond acceptors (Lipinski definition) is 4. The maximum absolute atomic E-state index is 13.3. The van der Waals surface area contributed by atoms with Crippen LogP contribution < -0.4 is 5.32 Å². The summed E-state index contributed by atoms with van der Waals surface area (Å²) in [6, 6.07) is 15.2. The normalized spacial score (nSPS) is 19.5. The SMILES string of the molecule is CC(C)(NC(=O)N1CCC2(CCn3nc(-c4cnc5ccccc5c4)cc32)C1)c1ccc(F)cn1. The van der Waals surface area contributed by atoms with Gasteiger partial charge >= 0.3 is 6.03 Å². The molecule has 2 aliphatic heterocycles. The minimum absolute atomic E-state index is 0.0921. The molecule has 35 heavy (non-hydrogen) atoms. The fraction of sp³-hybridized carbons (Fsp3) is 0.333. The predicted molar refractivity (Wildman–Crippen MR) is 131 cm³/mol. The molecule has 6 rings (SSSR count). The molecular formula is C27H27FN6O. The zero-order valence-electron chi connectivity index (χ0n) is 19.8. The molecule has 0 saturated carbocycles. The molecule has 2 amide bonds. The molecule has 0 radical (unpaired) electrons. The van der Waals surface area contributed by atoms with Crippen molar-refractivity contribution in [2.75, 3.05) is 13.1 Å². The van der Waals surface area contributed by atoms with Crippen molar-refractivity contribution in [1.82, 2.24) is 30.0 Å². The standard InChI is InChI=1S/C27H27FN6O/c1-26(2,23-8-7-20(28)16-30-23)31-25(35)33-11-9-27(17-33)10-12-34-24(27)14-22(32-34)19-13-18-5-3-4-6-21(18)29-15-19/h3-8,13-16H,9-12,17H2,1-2H3,(H,31,35). The average molecular weight is 471 g/mol. The van der Waals surface area contributed by atoms with E-state index in [-0.39, 0.29) is 11.4 Å². The fourth-order valence-electron chi connectivity index (χ4n) is 5.43. The number of rotatable bonds is 3. The zero-order valence-corrected chi connectivity index (χ0v) is 19.8. The molecule has 7 nitrogen and oxygen atoms in total. The first-order valence-electron chi connectivity index (χ1n) is 12.0. The molecule has 1 saturated heterocycles. The zero-order chi connectivity index (χ0) is 24.2. The minimum Gasteiger partial charge on any atom is -0.327 e. The highest BCUT2D eigenvalue weighted by Gasteiger charge is 2.47. The Morgan fingerprint density at radius 2 is 1.89 bits per heavy atom. The van der Waals surface area contributed by atoms with Gasteiger partial charge in [-0.25, -0.2) is 9.18 Å². The number of fused-ring (bicyclic) bond motifs is 3. The second kappa shape index (κ2) is 7.86. The Hall–Kier alpha value is -3.81. The summed E-state index contributed by atoms with van der Waals surface area (Å²) in [7, 11) is 0. The van der Waals surface area contributed by atoms with Crippen LogP contribution in [0, 0.1) is 5.82 Å². The van der Waals surface area contributed by atoms with Gasteiger partial charge in [-0.05, 0) is 57.0 Å². The second-order valence-electron chi connectivity index (χ2n) is 10.2. The van der Waals surface area contributed by atoms with Crippen molar-refractivity contribution >= 4 is 16.9 Å². The molecule has 0 aliphatic carbocycles. The molecule has 4 aromatic rings. The van der Waals surface area contributed by atoms with E-state index in [4.69, 9.17) is 5.10 Å². The molecule has 1 atom stereocenters. The summed E-state index contributed by atoms with van der Waals surface area (Å²) in [5, 5.41) is 9.06. The number of hydrogen-bond donors (Lipinski definition) is 1. The Morgan fingerprint density at radius 3 is 2.71 bits per heavy atom. The smallest absolute Gasteiger partial charge is 0.318 e. The highest BCUT2D eigenvalue weighted by atomic mass is 19.1. The van der Waals surface area contributed by atoms with Gasteiger partial charge in [-0.3, -0.25) is 14.6 Å². The highest BCUT2D eigenvalue weighted by Crippen LogP contribution is 2.44.